The Kier molecular flexibility index (Phi) is 9.03. The van der Waals surface area contributed by atoms with Gasteiger partial charge in [-0.2, -0.15) is 0 Å². The molecule has 2 aromatic carbocycles. The van der Waals surface area contributed by atoms with Gasteiger partial charge in [0.05, 0.1) is 30.4 Å². The normalized spacial score (nSPS) is 11.6. The molecule has 0 bridgehead atoms. The van der Waals surface area contributed by atoms with Crippen molar-refractivity contribution < 1.29 is 14.4 Å². The van der Waals surface area contributed by atoms with Gasteiger partial charge in [0, 0.05) is 6.54 Å². The molecule has 0 aliphatic carbocycles. The number of anilines is 1. The van der Waals surface area contributed by atoms with Crippen LogP contribution in [0.2, 0.25) is 0 Å². The Bertz CT molecular complexity index is 855. The maximum absolute atomic E-state index is 12.8. The molecule has 0 radical (unpaired) electrons. The molecule has 0 aliphatic heterocycles. The van der Waals surface area contributed by atoms with E-state index in [0.717, 1.165) is 5.56 Å². The van der Waals surface area contributed by atoms with Crippen molar-refractivity contribution >= 4 is 23.4 Å². The minimum atomic E-state index is -0.280. The van der Waals surface area contributed by atoms with Crippen molar-refractivity contribution in [3.05, 3.63) is 65.7 Å². The second-order valence-electron chi connectivity index (χ2n) is 6.96. The number of nitrogens with zero attached hydrogens (tertiary/aromatic N) is 1. The zero-order valence-electron chi connectivity index (χ0n) is 17.8. The number of carbonyl (C=O) groups is 3. The van der Waals surface area contributed by atoms with Crippen LogP contribution in [0.15, 0.2) is 54.6 Å². The van der Waals surface area contributed by atoms with Gasteiger partial charge in [0.25, 0.3) is 5.91 Å². The second-order valence-corrected chi connectivity index (χ2v) is 6.96. The van der Waals surface area contributed by atoms with E-state index in [9.17, 15) is 14.4 Å². The van der Waals surface area contributed by atoms with Crippen LogP contribution in [0.25, 0.3) is 0 Å². The van der Waals surface area contributed by atoms with Gasteiger partial charge in [-0.05, 0) is 38.1 Å². The zero-order valence-corrected chi connectivity index (χ0v) is 17.8. The van der Waals surface area contributed by atoms with Gasteiger partial charge < -0.3 is 16.0 Å². The van der Waals surface area contributed by atoms with E-state index in [1.165, 1.54) is 0 Å². The summed E-state index contributed by atoms with van der Waals surface area (Å²) < 4.78 is 0. The highest BCUT2D eigenvalue weighted by molar-refractivity contribution is 6.04. The van der Waals surface area contributed by atoms with E-state index in [-0.39, 0.29) is 36.9 Å². The molecular weight excluding hydrogens is 380 g/mol. The molecule has 0 unspecified atom stereocenters. The molecule has 7 heteroatoms. The fourth-order valence-corrected chi connectivity index (χ4v) is 3.02. The molecule has 3 amide bonds. The van der Waals surface area contributed by atoms with Crippen molar-refractivity contribution in [1.82, 2.24) is 15.5 Å². The minimum Gasteiger partial charge on any atom is -0.355 e. The van der Waals surface area contributed by atoms with Gasteiger partial charge in [-0.15, -0.1) is 0 Å². The molecule has 160 valence electrons. The number of para-hydroxylation sites is 1. The predicted octanol–water partition coefficient (Wildman–Crippen LogP) is 2.57. The van der Waals surface area contributed by atoms with Crippen LogP contribution in [0, 0.1) is 0 Å². The summed E-state index contributed by atoms with van der Waals surface area (Å²) in [6.07, 6.45) is 0. The summed E-state index contributed by atoms with van der Waals surface area (Å²) in [5.41, 5.74) is 1.83. The van der Waals surface area contributed by atoms with Crippen molar-refractivity contribution in [2.24, 2.45) is 0 Å². The number of hydrogen-bond acceptors (Lipinski definition) is 4. The molecular formula is C23H30N4O3. The van der Waals surface area contributed by atoms with Gasteiger partial charge in [-0.25, -0.2) is 0 Å². The van der Waals surface area contributed by atoms with E-state index in [1.807, 2.05) is 51.1 Å². The summed E-state index contributed by atoms with van der Waals surface area (Å²) >= 11 is 0. The highest BCUT2D eigenvalue weighted by Gasteiger charge is 2.17. The van der Waals surface area contributed by atoms with Crippen LogP contribution in [0.4, 0.5) is 5.69 Å². The quantitative estimate of drug-likeness (QED) is 0.562. The van der Waals surface area contributed by atoms with Gasteiger partial charge in [0.15, 0.2) is 0 Å². The van der Waals surface area contributed by atoms with E-state index in [0.29, 0.717) is 24.3 Å². The van der Waals surface area contributed by atoms with Crippen LogP contribution in [0.5, 0.6) is 0 Å². The largest absolute Gasteiger partial charge is 0.355 e. The van der Waals surface area contributed by atoms with Crippen LogP contribution in [-0.4, -0.2) is 48.8 Å². The molecule has 0 saturated heterocycles. The molecule has 0 saturated carbocycles. The van der Waals surface area contributed by atoms with E-state index >= 15 is 0 Å². The first-order chi connectivity index (χ1) is 14.4. The van der Waals surface area contributed by atoms with Gasteiger partial charge in [0.2, 0.25) is 11.8 Å². The highest BCUT2D eigenvalue weighted by Crippen LogP contribution is 2.18. The number of rotatable bonds is 10. The lowest BCUT2D eigenvalue weighted by Crippen LogP contribution is -2.41. The first-order valence-electron chi connectivity index (χ1n) is 10.2. The SMILES string of the molecule is CCNC(=O)CN(CC)CC(=O)Nc1ccccc1C(=O)N[C@H](C)c1ccccc1. The van der Waals surface area contributed by atoms with Gasteiger partial charge >= 0.3 is 0 Å². The topological polar surface area (TPSA) is 90.5 Å². The third-order valence-corrected chi connectivity index (χ3v) is 4.65. The molecule has 1 atom stereocenters. The molecule has 0 aromatic heterocycles. The monoisotopic (exact) mass is 410 g/mol. The second kappa shape index (κ2) is 11.7. The van der Waals surface area contributed by atoms with Crippen molar-refractivity contribution in [3.8, 4) is 0 Å². The van der Waals surface area contributed by atoms with Crippen LogP contribution < -0.4 is 16.0 Å². The van der Waals surface area contributed by atoms with E-state index < -0.39 is 0 Å². The average molecular weight is 411 g/mol. The molecule has 0 aliphatic rings. The number of likely N-dealkylation sites (N-methyl/N-ethyl adjacent to an activating group) is 2. The molecule has 0 fully saturated rings. The lowest BCUT2D eigenvalue weighted by Gasteiger charge is -2.20. The first kappa shape index (κ1) is 23.1. The van der Waals surface area contributed by atoms with Gasteiger partial charge in [-0.3, -0.25) is 19.3 Å². The van der Waals surface area contributed by atoms with Crippen molar-refractivity contribution in [1.29, 1.82) is 0 Å². The Morgan fingerprint density at radius 1 is 0.900 bits per heavy atom. The summed E-state index contributed by atoms with van der Waals surface area (Å²) in [6, 6.07) is 16.4. The summed E-state index contributed by atoms with van der Waals surface area (Å²) in [5.74, 6) is -0.670. The number of amides is 3. The number of hydrogen-bond donors (Lipinski definition) is 3. The Balaban J connectivity index is 2.02. The number of benzene rings is 2. The van der Waals surface area contributed by atoms with Crippen molar-refractivity contribution in [3.63, 3.8) is 0 Å². The average Bonchev–Trinajstić information content (AvgIpc) is 2.74. The molecule has 30 heavy (non-hydrogen) atoms. The predicted molar refractivity (Wildman–Crippen MR) is 118 cm³/mol. The maximum atomic E-state index is 12.8. The van der Waals surface area contributed by atoms with E-state index in [2.05, 4.69) is 16.0 Å². The Morgan fingerprint density at radius 2 is 1.53 bits per heavy atom. The third kappa shape index (κ3) is 7.00. The fraction of sp³-hybridized carbons (Fsp3) is 0.348. The Morgan fingerprint density at radius 3 is 2.20 bits per heavy atom. The number of nitrogens with one attached hydrogen (secondary N) is 3. The standard InChI is InChI=1S/C23H30N4O3/c1-4-24-21(28)15-27(5-2)16-22(29)26-20-14-10-9-13-19(20)23(30)25-17(3)18-11-7-6-8-12-18/h6-14,17H,4-5,15-16H2,1-3H3,(H,24,28)(H,25,30)(H,26,29)/t17-/m1/s1. The summed E-state index contributed by atoms with van der Waals surface area (Å²) in [5, 5.41) is 8.49. The van der Waals surface area contributed by atoms with E-state index in [1.54, 1.807) is 29.2 Å². The van der Waals surface area contributed by atoms with Crippen LogP contribution in [0.3, 0.4) is 0 Å². The van der Waals surface area contributed by atoms with Crippen LogP contribution in [-0.2, 0) is 9.59 Å². The molecule has 2 rings (SSSR count). The van der Waals surface area contributed by atoms with Crippen molar-refractivity contribution in [2.45, 2.75) is 26.8 Å². The van der Waals surface area contributed by atoms with Crippen molar-refractivity contribution in [2.75, 3.05) is 31.5 Å². The van der Waals surface area contributed by atoms with E-state index in [4.69, 9.17) is 0 Å². The van der Waals surface area contributed by atoms with Crippen LogP contribution >= 0.6 is 0 Å². The van der Waals surface area contributed by atoms with Crippen LogP contribution in [0.1, 0.15) is 42.7 Å². The number of carbonyl (C=O) groups excluding carboxylic acids is 3. The maximum Gasteiger partial charge on any atom is 0.253 e. The Labute approximate surface area is 177 Å². The fourth-order valence-electron chi connectivity index (χ4n) is 3.02. The smallest absolute Gasteiger partial charge is 0.253 e. The summed E-state index contributed by atoms with van der Waals surface area (Å²) in [4.78, 5) is 38.8. The molecule has 7 nitrogen and oxygen atoms in total. The molecule has 0 spiro atoms. The summed E-state index contributed by atoms with van der Waals surface area (Å²) in [6.45, 7) is 6.96. The minimum absolute atomic E-state index is 0.0595. The van der Waals surface area contributed by atoms with Gasteiger partial charge in [-0.1, -0.05) is 49.4 Å². The Hall–Kier alpha value is -3.19. The first-order valence-corrected chi connectivity index (χ1v) is 10.2. The lowest BCUT2D eigenvalue weighted by atomic mass is 10.1. The lowest BCUT2D eigenvalue weighted by molar-refractivity contribution is -0.123. The molecule has 2 aromatic rings. The molecule has 3 N–H and O–H groups in total. The van der Waals surface area contributed by atoms with Gasteiger partial charge in [0.1, 0.15) is 0 Å². The molecule has 0 heterocycles. The highest BCUT2D eigenvalue weighted by atomic mass is 16.2. The zero-order chi connectivity index (χ0) is 21.9. The summed E-state index contributed by atoms with van der Waals surface area (Å²) in [7, 11) is 0. The third-order valence-electron chi connectivity index (χ3n) is 4.65.